The SMILES string of the molecule is Nc1ncc2c(n1)-c1ccc(I)cc1NCC2. The first-order valence-electron chi connectivity index (χ1n) is 5.39. The topological polar surface area (TPSA) is 63.8 Å². The molecule has 1 aromatic carbocycles. The molecule has 0 atom stereocenters. The van der Waals surface area contributed by atoms with E-state index in [1.807, 2.05) is 6.20 Å². The number of nitrogens with two attached hydrogens (primary N) is 1. The number of benzene rings is 1. The van der Waals surface area contributed by atoms with Crippen molar-refractivity contribution < 1.29 is 0 Å². The fourth-order valence-corrected chi connectivity index (χ4v) is 2.53. The molecule has 0 saturated heterocycles. The van der Waals surface area contributed by atoms with E-state index < -0.39 is 0 Å². The van der Waals surface area contributed by atoms with E-state index in [1.54, 1.807) is 0 Å². The first kappa shape index (κ1) is 10.8. The van der Waals surface area contributed by atoms with Crippen LogP contribution in [0.5, 0.6) is 0 Å². The van der Waals surface area contributed by atoms with Gasteiger partial charge >= 0.3 is 0 Å². The number of hydrogen-bond acceptors (Lipinski definition) is 4. The van der Waals surface area contributed by atoms with Gasteiger partial charge in [0, 0.05) is 27.6 Å². The average Bonchev–Trinajstić information content (AvgIpc) is 2.47. The predicted molar refractivity (Wildman–Crippen MR) is 76.8 cm³/mol. The van der Waals surface area contributed by atoms with Gasteiger partial charge in [0.25, 0.3) is 0 Å². The highest BCUT2D eigenvalue weighted by Gasteiger charge is 2.16. The second-order valence-electron chi connectivity index (χ2n) is 3.97. The Balaban J connectivity index is 2.26. The van der Waals surface area contributed by atoms with Crippen LogP contribution in [0.4, 0.5) is 11.6 Å². The first-order chi connectivity index (χ1) is 8.24. The number of rotatable bonds is 0. The van der Waals surface area contributed by atoms with Crippen LogP contribution in [0.15, 0.2) is 24.4 Å². The monoisotopic (exact) mass is 338 g/mol. The Bertz CT molecular complexity index is 583. The smallest absolute Gasteiger partial charge is 0.220 e. The molecule has 0 bridgehead atoms. The summed E-state index contributed by atoms with van der Waals surface area (Å²) < 4.78 is 1.21. The van der Waals surface area contributed by atoms with Gasteiger partial charge in [-0.15, -0.1) is 0 Å². The van der Waals surface area contributed by atoms with Crippen molar-refractivity contribution in [1.82, 2.24) is 9.97 Å². The Kier molecular flexibility index (Phi) is 2.62. The van der Waals surface area contributed by atoms with E-state index in [0.717, 1.165) is 35.5 Å². The Labute approximate surface area is 113 Å². The average molecular weight is 338 g/mol. The van der Waals surface area contributed by atoms with Gasteiger partial charge in [-0.05, 0) is 52.8 Å². The van der Waals surface area contributed by atoms with E-state index >= 15 is 0 Å². The molecule has 5 heteroatoms. The number of anilines is 2. The second-order valence-corrected chi connectivity index (χ2v) is 5.21. The summed E-state index contributed by atoms with van der Waals surface area (Å²) >= 11 is 2.31. The number of fused-ring (bicyclic) bond motifs is 3. The third kappa shape index (κ3) is 1.95. The van der Waals surface area contributed by atoms with E-state index in [2.05, 4.69) is 56.1 Å². The number of nitrogens with one attached hydrogen (secondary N) is 1. The molecule has 0 fully saturated rings. The fourth-order valence-electron chi connectivity index (χ4n) is 2.04. The molecule has 1 aliphatic heterocycles. The summed E-state index contributed by atoms with van der Waals surface area (Å²) in [6.45, 7) is 0.896. The van der Waals surface area contributed by atoms with E-state index in [0.29, 0.717) is 5.95 Å². The summed E-state index contributed by atoms with van der Waals surface area (Å²) in [5, 5.41) is 3.42. The lowest BCUT2D eigenvalue weighted by molar-refractivity contribution is 1.00. The Hall–Kier alpha value is -1.37. The molecule has 1 aliphatic rings. The molecule has 0 saturated carbocycles. The molecule has 0 aliphatic carbocycles. The lowest BCUT2D eigenvalue weighted by Gasteiger charge is -2.09. The minimum absolute atomic E-state index is 0.329. The fraction of sp³-hybridized carbons (Fsp3) is 0.167. The molecule has 0 radical (unpaired) electrons. The molecule has 2 aromatic rings. The van der Waals surface area contributed by atoms with Crippen molar-refractivity contribution in [2.45, 2.75) is 6.42 Å². The van der Waals surface area contributed by atoms with Crippen LogP contribution in [0.25, 0.3) is 11.3 Å². The number of aromatic nitrogens is 2. The van der Waals surface area contributed by atoms with Crippen LogP contribution in [-0.4, -0.2) is 16.5 Å². The standard InChI is InChI=1S/C12H11IN4/c13-8-1-2-9-10(5-8)15-4-3-7-6-16-12(14)17-11(7)9/h1-2,5-6,15H,3-4H2,(H2,14,16,17). The van der Waals surface area contributed by atoms with Crippen LogP contribution in [0.2, 0.25) is 0 Å². The minimum atomic E-state index is 0.329. The quantitative estimate of drug-likeness (QED) is 0.724. The zero-order chi connectivity index (χ0) is 11.8. The molecule has 0 unspecified atom stereocenters. The molecule has 1 aromatic heterocycles. The summed E-state index contributed by atoms with van der Waals surface area (Å²) in [7, 11) is 0. The molecule has 3 N–H and O–H groups in total. The summed E-state index contributed by atoms with van der Waals surface area (Å²) in [5.74, 6) is 0.329. The number of nitrogen functional groups attached to an aromatic ring is 1. The van der Waals surface area contributed by atoms with Crippen molar-refractivity contribution in [3.05, 3.63) is 33.5 Å². The normalized spacial score (nSPS) is 13.2. The van der Waals surface area contributed by atoms with Gasteiger partial charge in [-0.25, -0.2) is 9.97 Å². The Morgan fingerprint density at radius 3 is 3.12 bits per heavy atom. The highest BCUT2D eigenvalue weighted by molar-refractivity contribution is 14.1. The van der Waals surface area contributed by atoms with Crippen molar-refractivity contribution >= 4 is 34.2 Å². The van der Waals surface area contributed by atoms with Gasteiger partial charge in [-0.1, -0.05) is 0 Å². The second kappa shape index (κ2) is 4.14. The van der Waals surface area contributed by atoms with E-state index in [4.69, 9.17) is 5.73 Å². The van der Waals surface area contributed by atoms with Crippen molar-refractivity contribution in [1.29, 1.82) is 0 Å². The summed E-state index contributed by atoms with van der Waals surface area (Å²) in [6, 6.07) is 6.29. The van der Waals surface area contributed by atoms with Gasteiger partial charge in [-0.3, -0.25) is 0 Å². The highest BCUT2D eigenvalue weighted by atomic mass is 127. The predicted octanol–water partition coefficient (Wildman–Crippen LogP) is 2.30. The minimum Gasteiger partial charge on any atom is -0.384 e. The number of halogens is 1. The van der Waals surface area contributed by atoms with Gasteiger partial charge in [0.15, 0.2) is 0 Å². The van der Waals surface area contributed by atoms with Crippen LogP contribution in [-0.2, 0) is 6.42 Å². The molecular weight excluding hydrogens is 327 g/mol. The van der Waals surface area contributed by atoms with Crippen molar-refractivity contribution in [2.24, 2.45) is 0 Å². The van der Waals surface area contributed by atoms with Crippen LogP contribution in [0, 0.1) is 3.57 Å². The molecule has 17 heavy (non-hydrogen) atoms. The highest BCUT2D eigenvalue weighted by Crippen LogP contribution is 2.33. The molecule has 4 nitrogen and oxygen atoms in total. The lowest BCUT2D eigenvalue weighted by Crippen LogP contribution is -2.03. The van der Waals surface area contributed by atoms with Gasteiger partial charge < -0.3 is 11.1 Å². The maximum Gasteiger partial charge on any atom is 0.220 e. The third-order valence-corrected chi connectivity index (χ3v) is 3.50. The first-order valence-corrected chi connectivity index (χ1v) is 6.47. The lowest BCUT2D eigenvalue weighted by atomic mass is 10.1. The van der Waals surface area contributed by atoms with Crippen LogP contribution in [0.3, 0.4) is 0 Å². The van der Waals surface area contributed by atoms with Crippen LogP contribution < -0.4 is 11.1 Å². The molecule has 86 valence electrons. The molecule has 0 spiro atoms. The van der Waals surface area contributed by atoms with Gasteiger partial charge in [0.2, 0.25) is 5.95 Å². The summed E-state index contributed by atoms with van der Waals surface area (Å²) in [6.07, 6.45) is 2.74. The Morgan fingerprint density at radius 1 is 1.35 bits per heavy atom. The maximum absolute atomic E-state index is 5.68. The third-order valence-electron chi connectivity index (χ3n) is 2.83. The van der Waals surface area contributed by atoms with Crippen molar-refractivity contribution in [3.63, 3.8) is 0 Å². The van der Waals surface area contributed by atoms with Crippen LogP contribution >= 0.6 is 22.6 Å². The Morgan fingerprint density at radius 2 is 2.24 bits per heavy atom. The number of nitrogens with zero attached hydrogens (tertiary/aromatic N) is 2. The summed E-state index contributed by atoms with van der Waals surface area (Å²) in [4.78, 5) is 8.43. The zero-order valence-electron chi connectivity index (χ0n) is 9.07. The van der Waals surface area contributed by atoms with Crippen molar-refractivity contribution in [3.8, 4) is 11.3 Å². The molecular formula is C12H11IN4. The zero-order valence-corrected chi connectivity index (χ0v) is 11.2. The van der Waals surface area contributed by atoms with Gasteiger partial charge in [-0.2, -0.15) is 0 Å². The maximum atomic E-state index is 5.68. The van der Waals surface area contributed by atoms with Crippen LogP contribution in [0.1, 0.15) is 5.56 Å². The van der Waals surface area contributed by atoms with E-state index in [1.165, 1.54) is 3.57 Å². The molecule has 3 rings (SSSR count). The van der Waals surface area contributed by atoms with E-state index in [9.17, 15) is 0 Å². The van der Waals surface area contributed by atoms with Gasteiger partial charge in [0.1, 0.15) is 0 Å². The van der Waals surface area contributed by atoms with E-state index in [-0.39, 0.29) is 0 Å². The molecule has 2 heterocycles. The summed E-state index contributed by atoms with van der Waals surface area (Å²) in [5.41, 5.74) is 10.00. The largest absolute Gasteiger partial charge is 0.384 e. The van der Waals surface area contributed by atoms with Crippen molar-refractivity contribution in [2.75, 3.05) is 17.6 Å². The molecule has 0 amide bonds. The number of hydrogen-bond donors (Lipinski definition) is 2. The van der Waals surface area contributed by atoms with Gasteiger partial charge in [0.05, 0.1) is 5.69 Å².